The molecular formula is C23H37BO5. The molecule has 5 nitrogen and oxygen atoms in total. The predicted molar refractivity (Wildman–Crippen MR) is 117 cm³/mol. The topological polar surface area (TPSA) is 76.0 Å². The monoisotopic (exact) mass is 404 g/mol. The molecule has 1 aliphatic heterocycles. The largest absolute Gasteiger partial charge is 0.507 e. The maximum atomic E-state index is 11.7. The maximum Gasteiger partial charge on any atom is 0.466 e. The van der Waals surface area contributed by atoms with Crippen molar-refractivity contribution in [2.45, 2.75) is 104 Å². The van der Waals surface area contributed by atoms with E-state index in [9.17, 15) is 15.0 Å². The van der Waals surface area contributed by atoms with Crippen LogP contribution >= 0.6 is 0 Å². The van der Waals surface area contributed by atoms with Crippen LogP contribution in [0, 0.1) is 0 Å². The Morgan fingerprint density at radius 3 is 1.66 bits per heavy atom. The highest BCUT2D eigenvalue weighted by Gasteiger charge is 2.54. The molecule has 1 aromatic carbocycles. The van der Waals surface area contributed by atoms with Gasteiger partial charge in [0.1, 0.15) is 5.75 Å². The van der Waals surface area contributed by atoms with Crippen molar-refractivity contribution in [1.29, 1.82) is 0 Å². The van der Waals surface area contributed by atoms with Gasteiger partial charge in [-0.3, -0.25) is 4.79 Å². The molecule has 162 valence electrons. The van der Waals surface area contributed by atoms with Crippen molar-refractivity contribution < 1.29 is 24.3 Å². The van der Waals surface area contributed by atoms with E-state index in [1.54, 1.807) is 0 Å². The lowest BCUT2D eigenvalue weighted by Gasteiger charge is -2.32. The molecule has 0 spiro atoms. The minimum atomic E-state index is -0.910. The molecule has 2 rings (SSSR count). The molecule has 1 heterocycles. The second kappa shape index (κ2) is 7.31. The maximum absolute atomic E-state index is 11.7. The normalized spacial score (nSPS) is 20.0. The molecule has 1 fully saturated rings. The minimum absolute atomic E-state index is 0.116. The van der Waals surface area contributed by atoms with Crippen molar-refractivity contribution in [3.05, 3.63) is 28.8 Å². The van der Waals surface area contributed by atoms with Gasteiger partial charge in [-0.15, -0.1) is 0 Å². The number of hydrogen-bond acceptors (Lipinski definition) is 4. The van der Waals surface area contributed by atoms with E-state index in [-0.39, 0.29) is 23.0 Å². The second-order valence-electron chi connectivity index (χ2n) is 11.3. The quantitative estimate of drug-likeness (QED) is 0.677. The van der Waals surface area contributed by atoms with Crippen LogP contribution in [-0.2, 0) is 24.9 Å². The van der Waals surface area contributed by atoms with Crippen LogP contribution in [0.15, 0.2) is 12.1 Å². The fourth-order valence-corrected chi connectivity index (χ4v) is 3.63. The summed E-state index contributed by atoms with van der Waals surface area (Å²) in [6, 6.07) is 3.84. The van der Waals surface area contributed by atoms with Crippen molar-refractivity contribution in [3.63, 3.8) is 0 Å². The van der Waals surface area contributed by atoms with Crippen LogP contribution in [0.25, 0.3) is 0 Å². The van der Waals surface area contributed by atoms with Crippen molar-refractivity contribution >= 4 is 13.1 Å². The Morgan fingerprint density at radius 2 is 1.34 bits per heavy atom. The Balaban J connectivity index is 2.67. The first-order valence-electron chi connectivity index (χ1n) is 10.3. The molecule has 1 saturated heterocycles. The van der Waals surface area contributed by atoms with Gasteiger partial charge in [0, 0.05) is 5.82 Å². The zero-order valence-corrected chi connectivity index (χ0v) is 19.6. The minimum Gasteiger partial charge on any atom is -0.507 e. The average molecular weight is 404 g/mol. The molecule has 0 saturated carbocycles. The SMILES string of the molecule is CC(C)(C)c1cc(C(CC(=O)O)B2OC(C)(C)C(C)(C)O2)cc(C(C)(C)C)c1O. The second-order valence-corrected chi connectivity index (χ2v) is 11.3. The third-order valence-corrected chi connectivity index (χ3v) is 6.17. The first kappa shape index (κ1) is 23.8. The van der Waals surface area contributed by atoms with E-state index in [4.69, 9.17) is 9.31 Å². The van der Waals surface area contributed by atoms with E-state index >= 15 is 0 Å². The number of benzene rings is 1. The summed E-state index contributed by atoms with van der Waals surface area (Å²) in [7, 11) is -0.679. The van der Waals surface area contributed by atoms with E-state index in [2.05, 4.69) is 0 Å². The highest BCUT2D eigenvalue weighted by molar-refractivity contribution is 6.48. The lowest BCUT2D eigenvalue weighted by atomic mass is 9.64. The van der Waals surface area contributed by atoms with E-state index in [1.165, 1.54) is 0 Å². The van der Waals surface area contributed by atoms with Crippen LogP contribution in [-0.4, -0.2) is 34.5 Å². The van der Waals surface area contributed by atoms with Crippen molar-refractivity contribution in [2.24, 2.45) is 0 Å². The van der Waals surface area contributed by atoms with Gasteiger partial charge in [-0.1, -0.05) is 53.7 Å². The zero-order valence-electron chi connectivity index (χ0n) is 19.6. The summed E-state index contributed by atoms with van der Waals surface area (Å²) in [5.74, 6) is -1.12. The Hall–Kier alpha value is -1.53. The average Bonchev–Trinajstić information content (AvgIpc) is 2.70. The molecule has 29 heavy (non-hydrogen) atoms. The van der Waals surface area contributed by atoms with Crippen LogP contribution in [0.5, 0.6) is 5.75 Å². The van der Waals surface area contributed by atoms with Crippen LogP contribution in [0.1, 0.15) is 98.2 Å². The molecule has 6 heteroatoms. The van der Waals surface area contributed by atoms with E-state index < -0.39 is 30.1 Å². The van der Waals surface area contributed by atoms with Crippen LogP contribution in [0.2, 0.25) is 0 Å². The lowest BCUT2D eigenvalue weighted by molar-refractivity contribution is -0.137. The van der Waals surface area contributed by atoms with Crippen LogP contribution < -0.4 is 0 Å². The summed E-state index contributed by atoms with van der Waals surface area (Å²) >= 11 is 0. The van der Waals surface area contributed by atoms with Crippen LogP contribution in [0.3, 0.4) is 0 Å². The Labute approximate surface area is 175 Å². The molecule has 0 amide bonds. The smallest absolute Gasteiger partial charge is 0.466 e. The molecule has 1 unspecified atom stereocenters. The highest BCUT2D eigenvalue weighted by Crippen LogP contribution is 2.45. The van der Waals surface area contributed by atoms with Crippen LogP contribution in [0.4, 0.5) is 0 Å². The van der Waals surface area contributed by atoms with Gasteiger partial charge in [-0.2, -0.15) is 0 Å². The number of carboxylic acids is 1. The summed E-state index contributed by atoms with van der Waals surface area (Å²) < 4.78 is 12.4. The fourth-order valence-electron chi connectivity index (χ4n) is 3.63. The zero-order chi connectivity index (χ0) is 22.6. The number of phenolic OH excluding ortho intramolecular Hbond substituents is 1. The van der Waals surface area contributed by atoms with Gasteiger partial charge in [0.25, 0.3) is 0 Å². The first-order chi connectivity index (χ1) is 12.9. The lowest BCUT2D eigenvalue weighted by Crippen LogP contribution is -2.41. The molecule has 2 N–H and O–H groups in total. The van der Waals surface area contributed by atoms with E-state index in [0.29, 0.717) is 0 Å². The number of hydrogen-bond donors (Lipinski definition) is 2. The van der Waals surface area contributed by atoms with Gasteiger partial charge >= 0.3 is 13.1 Å². The number of aliphatic carboxylic acids is 1. The molecule has 0 aromatic heterocycles. The molecule has 0 aliphatic carbocycles. The number of phenols is 1. The summed E-state index contributed by atoms with van der Waals surface area (Å²) in [6.07, 6.45) is -0.116. The Morgan fingerprint density at radius 1 is 0.966 bits per heavy atom. The Bertz CT molecular complexity index is 732. The van der Waals surface area contributed by atoms with Gasteiger partial charge < -0.3 is 19.5 Å². The van der Waals surface area contributed by atoms with Gasteiger partial charge in [0.15, 0.2) is 0 Å². The molecule has 0 radical (unpaired) electrons. The summed E-state index contributed by atoms with van der Waals surface area (Å²) in [5.41, 5.74) is 0.709. The van der Waals surface area contributed by atoms with E-state index in [0.717, 1.165) is 16.7 Å². The van der Waals surface area contributed by atoms with Gasteiger partial charge in [-0.05, 0) is 55.2 Å². The first-order valence-corrected chi connectivity index (χ1v) is 10.3. The molecular weight excluding hydrogens is 367 g/mol. The third kappa shape index (κ3) is 4.80. The van der Waals surface area contributed by atoms with Crippen molar-refractivity contribution in [2.75, 3.05) is 0 Å². The number of carbonyl (C=O) groups is 1. The highest BCUT2D eigenvalue weighted by atomic mass is 16.7. The van der Waals surface area contributed by atoms with Crippen molar-refractivity contribution in [3.8, 4) is 5.75 Å². The molecule has 0 bridgehead atoms. The van der Waals surface area contributed by atoms with Gasteiger partial charge in [-0.25, -0.2) is 0 Å². The standard InChI is InChI=1S/C23H37BO5/c1-20(2,3)15-11-14(12-16(19(15)27)21(4,5)6)17(13-18(25)26)24-28-22(7,8)23(9,10)29-24/h11-12,17,27H,13H2,1-10H3,(H,25,26). The van der Waals surface area contributed by atoms with E-state index in [1.807, 2.05) is 81.4 Å². The Kier molecular flexibility index (Phi) is 5.99. The summed E-state index contributed by atoms with van der Waals surface area (Å²) in [6.45, 7) is 20.1. The fraction of sp³-hybridized carbons (Fsp3) is 0.696. The van der Waals surface area contributed by atoms with Gasteiger partial charge in [0.05, 0.1) is 17.6 Å². The summed E-state index contributed by atoms with van der Waals surface area (Å²) in [5, 5.41) is 20.6. The summed E-state index contributed by atoms with van der Waals surface area (Å²) in [4.78, 5) is 11.7. The molecule has 1 aromatic rings. The molecule has 1 atom stereocenters. The van der Waals surface area contributed by atoms with Crippen molar-refractivity contribution in [1.82, 2.24) is 0 Å². The molecule has 1 aliphatic rings. The predicted octanol–water partition coefficient (Wildman–Crippen LogP) is 5.18. The third-order valence-electron chi connectivity index (χ3n) is 6.17. The number of rotatable bonds is 4. The number of aromatic hydroxyl groups is 1. The number of carboxylic acid groups (broad SMARTS) is 1. The van der Waals surface area contributed by atoms with Gasteiger partial charge in [0.2, 0.25) is 0 Å².